The van der Waals surface area contributed by atoms with Gasteiger partial charge in [0.25, 0.3) is 5.91 Å². The molecular weight excluding hydrogens is 466 g/mol. The number of thioether (sulfide) groups is 1. The molecule has 1 N–H and O–H groups in total. The normalized spacial score (nSPS) is 11.4. The van der Waals surface area contributed by atoms with Crippen LogP contribution in [0.5, 0.6) is 0 Å². The molecule has 0 radical (unpaired) electrons. The SMILES string of the molecule is CCCCSc1nnc(NC(=O)c2nc(S(=O)(=O)Cc3ccccc3)ncc2Cl)s1. The van der Waals surface area contributed by atoms with Crippen molar-refractivity contribution in [3.05, 3.63) is 52.8 Å². The Bertz CT molecular complexity index is 1120. The number of benzene rings is 1. The maximum atomic E-state index is 12.7. The summed E-state index contributed by atoms with van der Waals surface area (Å²) in [5.41, 5.74) is 0.345. The zero-order valence-corrected chi connectivity index (χ0v) is 19.1. The summed E-state index contributed by atoms with van der Waals surface area (Å²) in [5.74, 6) is -0.0510. The number of sulfone groups is 1. The van der Waals surface area contributed by atoms with E-state index in [1.165, 1.54) is 11.3 Å². The fraction of sp³-hybridized carbons (Fsp3) is 0.278. The maximum Gasteiger partial charge on any atom is 0.277 e. The van der Waals surface area contributed by atoms with Gasteiger partial charge in [0.05, 0.1) is 17.0 Å². The smallest absolute Gasteiger partial charge is 0.277 e. The standard InChI is InChI=1S/C18H18ClN5O3S3/c1-2-3-9-28-18-24-23-16(29-18)22-15(25)14-13(19)10-20-17(21-14)30(26,27)11-12-7-5-4-6-8-12/h4-8,10H,2-3,9,11H2,1H3,(H,22,23,25). The second kappa shape index (κ2) is 10.3. The van der Waals surface area contributed by atoms with Crippen LogP contribution in [0.25, 0.3) is 0 Å². The van der Waals surface area contributed by atoms with Crippen LogP contribution in [0, 0.1) is 0 Å². The Morgan fingerprint density at radius 3 is 2.73 bits per heavy atom. The van der Waals surface area contributed by atoms with Gasteiger partial charge in [0.2, 0.25) is 20.1 Å². The van der Waals surface area contributed by atoms with Crippen LogP contribution in [0.15, 0.2) is 46.0 Å². The van der Waals surface area contributed by atoms with Crippen LogP contribution in [0.1, 0.15) is 35.8 Å². The largest absolute Gasteiger partial charge is 0.295 e. The second-order valence-corrected chi connectivity index (χ2v) is 10.7. The number of carbonyl (C=O) groups is 1. The van der Waals surface area contributed by atoms with Crippen LogP contribution >= 0.6 is 34.7 Å². The number of carbonyl (C=O) groups excluding carboxylic acids is 1. The fourth-order valence-electron chi connectivity index (χ4n) is 2.30. The molecule has 12 heteroatoms. The Morgan fingerprint density at radius 1 is 1.23 bits per heavy atom. The highest BCUT2D eigenvalue weighted by atomic mass is 35.5. The molecule has 2 aromatic heterocycles. The van der Waals surface area contributed by atoms with E-state index in [0.717, 1.165) is 29.1 Å². The average molecular weight is 484 g/mol. The summed E-state index contributed by atoms with van der Waals surface area (Å²) in [7, 11) is -3.86. The van der Waals surface area contributed by atoms with Crippen LogP contribution in [-0.2, 0) is 15.6 Å². The molecule has 0 saturated heterocycles. The molecule has 0 saturated carbocycles. The molecule has 3 rings (SSSR count). The lowest BCUT2D eigenvalue weighted by atomic mass is 10.2. The van der Waals surface area contributed by atoms with Crippen molar-refractivity contribution in [2.24, 2.45) is 0 Å². The van der Waals surface area contributed by atoms with Crippen molar-refractivity contribution in [2.45, 2.75) is 35.0 Å². The molecular formula is C18H18ClN5O3S3. The molecule has 8 nitrogen and oxygen atoms in total. The summed E-state index contributed by atoms with van der Waals surface area (Å²) >= 11 is 8.83. The lowest BCUT2D eigenvalue weighted by Crippen LogP contribution is -2.18. The average Bonchev–Trinajstić information content (AvgIpc) is 3.16. The Balaban J connectivity index is 1.75. The monoisotopic (exact) mass is 483 g/mol. The number of hydrogen-bond acceptors (Lipinski definition) is 9. The van der Waals surface area contributed by atoms with Crippen molar-refractivity contribution in [1.82, 2.24) is 20.2 Å². The van der Waals surface area contributed by atoms with Gasteiger partial charge in [0.15, 0.2) is 10.0 Å². The Kier molecular flexibility index (Phi) is 7.75. The van der Waals surface area contributed by atoms with Gasteiger partial charge in [-0.25, -0.2) is 18.4 Å². The summed E-state index contributed by atoms with van der Waals surface area (Å²) in [6.45, 7) is 2.10. The number of hydrogen-bond donors (Lipinski definition) is 1. The summed E-state index contributed by atoms with van der Waals surface area (Å²) in [6, 6.07) is 8.64. The number of halogens is 1. The van der Waals surface area contributed by atoms with Gasteiger partial charge in [-0.1, -0.05) is 78.4 Å². The Hall–Kier alpha value is -2.08. The molecule has 30 heavy (non-hydrogen) atoms. The summed E-state index contributed by atoms with van der Waals surface area (Å²) < 4.78 is 26.0. The van der Waals surface area contributed by atoms with Gasteiger partial charge in [0.1, 0.15) is 0 Å². The summed E-state index contributed by atoms with van der Waals surface area (Å²) in [4.78, 5) is 20.3. The van der Waals surface area contributed by atoms with Gasteiger partial charge in [-0.3, -0.25) is 10.1 Å². The van der Waals surface area contributed by atoms with Crippen molar-refractivity contribution in [3.8, 4) is 0 Å². The lowest BCUT2D eigenvalue weighted by molar-refractivity contribution is 0.102. The van der Waals surface area contributed by atoms with Crippen molar-refractivity contribution in [1.29, 1.82) is 0 Å². The van der Waals surface area contributed by atoms with Crippen molar-refractivity contribution >= 4 is 55.6 Å². The first-order chi connectivity index (χ1) is 14.4. The van der Waals surface area contributed by atoms with Gasteiger partial charge >= 0.3 is 0 Å². The number of rotatable bonds is 9. The number of unbranched alkanes of at least 4 members (excludes halogenated alkanes) is 1. The van der Waals surface area contributed by atoms with E-state index in [1.54, 1.807) is 42.1 Å². The quantitative estimate of drug-likeness (QED) is 0.209. The van der Waals surface area contributed by atoms with E-state index in [1.807, 2.05) is 0 Å². The number of amides is 1. The zero-order chi connectivity index (χ0) is 21.6. The van der Waals surface area contributed by atoms with Crippen LogP contribution in [0.4, 0.5) is 5.13 Å². The number of nitrogens with zero attached hydrogens (tertiary/aromatic N) is 4. The van der Waals surface area contributed by atoms with Crippen LogP contribution in [0.2, 0.25) is 5.02 Å². The first-order valence-corrected chi connectivity index (χ1v) is 12.8. The van der Waals surface area contributed by atoms with E-state index in [-0.39, 0.29) is 21.6 Å². The third-order valence-corrected chi connectivity index (χ3v) is 7.57. The first kappa shape index (κ1) is 22.6. The molecule has 1 aromatic carbocycles. The third kappa shape index (κ3) is 5.97. The topological polar surface area (TPSA) is 115 Å². The number of aromatic nitrogens is 4. The first-order valence-electron chi connectivity index (χ1n) is 8.96. The van der Waals surface area contributed by atoms with Crippen LogP contribution in [0.3, 0.4) is 0 Å². The molecule has 0 atom stereocenters. The van der Waals surface area contributed by atoms with E-state index in [4.69, 9.17) is 11.6 Å². The van der Waals surface area contributed by atoms with E-state index in [9.17, 15) is 13.2 Å². The predicted octanol–water partition coefficient (Wildman–Crippen LogP) is 4.10. The van der Waals surface area contributed by atoms with Gasteiger partial charge in [0, 0.05) is 5.75 Å². The molecule has 0 fully saturated rings. The summed E-state index contributed by atoms with van der Waals surface area (Å²) in [6.07, 6.45) is 3.24. The zero-order valence-electron chi connectivity index (χ0n) is 15.9. The molecule has 0 bridgehead atoms. The third-order valence-electron chi connectivity index (χ3n) is 3.77. The molecule has 158 valence electrons. The maximum absolute atomic E-state index is 12.7. The molecule has 2 heterocycles. The minimum atomic E-state index is -3.86. The van der Waals surface area contributed by atoms with E-state index < -0.39 is 20.9 Å². The molecule has 0 unspecified atom stereocenters. The minimum Gasteiger partial charge on any atom is -0.295 e. The molecule has 3 aromatic rings. The van der Waals surface area contributed by atoms with E-state index >= 15 is 0 Å². The van der Waals surface area contributed by atoms with Crippen LogP contribution in [-0.4, -0.2) is 40.2 Å². The minimum absolute atomic E-state index is 0.0618. The fourth-order valence-corrected chi connectivity index (χ4v) is 5.58. The highest BCUT2D eigenvalue weighted by Gasteiger charge is 2.23. The number of nitrogens with one attached hydrogen (secondary N) is 1. The van der Waals surface area contributed by atoms with Gasteiger partial charge < -0.3 is 0 Å². The van der Waals surface area contributed by atoms with E-state index in [0.29, 0.717) is 5.56 Å². The van der Waals surface area contributed by atoms with Crippen molar-refractivity contribution < 1.29 is 13.2 Å². The highest BCUT2D eigenvalue weighted by Crippen LogP contribution is 2.27. The molecule has 0 aliphatic rings. The van der Waals surface area contributed by atoms with E-state index in [2.05, 4.69) is 32.4 Å². The van der Waals surface area contributed by atoms with Gasteiger partial charge in [-0.15, -0.1) is 10.2 Å². The Labute approximate surface area is 187 Å². The molecule has 1 amide bonds. The van der Waals surface area contributed by atoms with Crippen molar-refractivity contribution in [2.75, 3.05) is 11.1 Å². The highest BCUT2D eigenvalue weighted by molar-refractivity contribution is 8.01. The molecule has 0 aliphatic carbocycles. The number of anilines is 1. The lowest BCUT2D eigenvalue weighted by Gasteiger charge is -2.07. The van der Waals surface area contributed by atoms with Crippen LogP contribution < -0.4 is 5.32 Å². The van der Waals surface area contributed by atoms with Crippen molar-refractivity contribution in [3.63, 3.8) is 0 Å². The van der Waals surface area contributed by atoms with Gasteiger partial charge in [-0.05, 0) is 12.0 Å². The molecule has 0 aliphatic heterocycles. The van der Waals surface area contributed by atoms with Gasteiger partial charge in [-0.2, -0.15) is 0 Å². The Morgan fingerprint density at radius 2 is 2.00 bits per heavy atom. The second-order valence-electron chi connectivity index (χ2n) is 6.12. The summed E-state index contributed by atoms with van der Waals surface area (Å²) in [5, 5.41) is 10.3. The predicted molar refractivity (Wildman–Crippen MR) is 118 cm³/mol. The molecule has 0 spiro atoms.